The van der Waals surface area contributed by atoms with E-state index in [9.17, 15) is 4.79 Å². The van der Waals surface area contributed by atoms with Crippen molar-refractivity contribution in [3.05, 3.63) is 29.5 Å². The quantitative estimate of drug-likeness (QED) is 0.861. The summed E-state index contributed by atoms with van der Waals surface area (Å²) < 4.78 is 11.3. The molecule has 25 heavy (non-hydrogen) atoms. The molecule has 3 N–H and O–H groups in total. The van der Waals surface area contributed by atoms with Crippen LogP contribution in [0, 0.1) is 12.8 Å². The minimum Gasteiger partial charge on any atom is -0.497 e. The molecule has 0 spiro atoms. The fraction of sp³-hybridized carbons (Fsp3) is 0.526. The van der Waals surface area contributed by atoms with Crippen molar-refractivity contribution in [3.8, 4) is 5.75 Å². The minimum atomic E-state index is -0.172. The first kappa shape index (κ1) is 19.6. The molecule has 1 heterocycles. The van der Waals surface area contributed by atoms with Gasteiger partial charge in [-0.05, 0) is 51.3 Å². The Bertz CT molecular complexity index is 744. The Morgan fingerprint density at radius 1 is 1.40 bits per heavy atom. The van der Waals surface area contributed by atoms with Crippen molar-refractivity contribution >= 4 is 29.3 Å². The third-order valence-corrected chi connectivity index (χ3v) is 5.02. The Balaban J connectivity index is 0.00000225. The van der Waals surface area contributed by atoms with E-state index in [0.717, 1.165) is 53.7 Å². The zero-order chi connectivity index (χ0) is 17.3. The van der Waals surface area contributed by atoms with Crippen molar-refractivity contribution in [3.63, 3.8) is 0 Å². The Labute approximate surface area is 154 Å². The van der Waals surface area contributed by atoms with Crippen molar-refractivity contribution < 1.29 is 13.9 Å². The van der Waals surface area contributed by atoms with Crippen LogP contribution in [0.2, 0.25) is 0 Å². The molecule has 3 unspecified atom stereocenters. The number of benzene rings is 1. The van der Waals surface area contributed by atoms with Crippen molar-refractivity contribution in [1.82, 2.24) is 5.32 Å². The summed E-state index contributed by atoms with van der Waals surface area (Å²) in [5.41, 5.74) is 7.85. The standard InChI is InChI=1S/C19H26N2O3.ClH/c1-11-16-10-15(23-3)7-8-17(16)24-18(11)12(2)21-19(22)13-5-4-6-14(20)9-13;/h7-8,10,12-14H,4-6,9,20H2,1-3H3,(H,21,22);1H. The third-order valence-electron chi connectivity index (χ3n) is 5.02. The average Bonchev–Trinajstić information content (AvgIpc) is 2.91. The number of hydrogen-bond donors (Lipinski definition) is 2. The predicted molar refractivity (Wildman–Crippen MR) is 101 cm³/mol. The van der Waals surface area contributed by atoms with Crippen molar-refractivity contribution in [2.24, 2.45) is 11.7 Å². The van der Waals surface area contributed by atoms with Crippen LogP contribution in [0.15, 0.2) is 22.6 Å². The number of methoxy groups -OCH3 is 1. The number of hydrogen-bond acceptors (Lipinski definition) is 4. The lowest BCUT2D eigenvalue weighted by Crippen LogP contribution is -2.38. The van der Waals surface area contributed by atoms with Gasteiger partial charge in [0, 0.05) is 22.9 Å². The van der Waals surface area contributed by atoms with Gasteiger partial charge in [0.15, 0.2) is 0 Å². The third kappa shape index (κ3) is 4.10. The van der Waals surface area contributed by atoms with E-state index in [1.165, 1.54) is 0 Å². The first-order valence-corrected chi connectivity index (χ1v) is 8.62. The summed E-state index contributed by atoms with van der Waals surface area (Å²) in [5, 5.41) is 4.12. The average molecular weight is 367 g/mol. The molecule has 1 aromatic heterocycles. The Hall–Kier alpha value is -1.72. The van der Waals surface area contributed by atoms with Gasteiger partial charge in [0.1, 0.15) is 17.1 Å². The first-order chi connectivity index (χ1) is 11.5. The molecule has 1 aromatic carbocycles. The van der Waals surface area contributed by atoms with Gasteiger partial charge >= 0.3 is 0 Å². The van der Waals surface area contributed by atoms with Crippen LogP contribution < -0.4 is 15.8 Å². The summed E-state index contributed by atoms with van der Waals surface area (Å²) in [4.78, 5) is 12.5. The predicted octanol–water partition coefficient (Wildman–Crippen LogP) is 3.87. The van der Waals surface area contributed by atoms with Gasteiger partial charge in [-0.3, -0.25) is 4.79 Å². The highest BCUT2D eigenvalue weighted by Crippen LogP contribution is 2.32. The highest BCUT2D eigenvalue weighted by atomic mass is 35.5. The second kappa shape index (κ2) is 8.11. The molecule has 3 rings (SSSR count). The summed E-state index contributed by atoms with van der Waals surface area (Å²) in [7, 11) is 1.65. The molecule has 1 saturated carbocycles. The maximum absolute atomic E-state index is 12.5. The summed E-state index contributed by atoms with van der Waals surface area (Å²) >= 11 is 0. The summed E-state index contributed by atoms with van der Waals surface area (Å²) in [6.07, 6.45) is 3.73. The van der Waals surface area contributed by atoms with E-state index in [4.69, 9.17) is 14.9 Å². The number of furan rings is 1. The van der Waals surface area contributed by atoms with E-state index in [1.54, 1.807) is 7.11 Å². The van der Waals surface area contributed by atoms with Crippen LogP contribution in [0.25, 0.3) is 11.0 Å². The number of amides is 1. The molecular formula is C19H27ClN2O3. The lowest BCUT2D eigenvalue weighted by atomic mass is 9.85. The number of aryl methyl sites for hydroxylation is 1. The smallest absolute Gasteiger partial charge is 0.223 e. The van der Waals surface area contributed by atoms with Crippen LogP contribution in [0.3, 0.4) is 0 Å². The first-order valence-electron chi connectivity index (χ1n) is 8.62. The van der Waals surface area contributed by atoms with Crippen molar-refractivity contribution in [1.29, 1.82) is 0 Å². The van der Waals surface area contributed by atoms with Crippen molar-refractivity contribution in [2.45, 2.75) is 51.6 Å². The fourth-order valence-electron chi connectivity index (χ4n) is 3.62. The van der Waals surface area contributed by atoms with Gasteiger partial charge < -0.3 is 20.2 Å². The van der Waals surface area contributed by atoms with Crippen LogP contribution >= 0.6 is 12.4 Å². The molecule has 0 saturated heterocycles. The molecule has 1 fully saturated rings. The molecule has 0 bridgehead atoms. The molecule has 0 radical (unpaired) electrons. The number of nitrogens with one attached hydrogen (secondary N) is 1. The molecule has 0 aliphatic heterocycles. The molecule has 138 valence electrons. The molecule has 2 aromatic rings. The van der Waals surface area contributed by atoms with Crippen LogP contribution in [-0.4, -0.2) is 19.1 Å². The Morgan fingerprint density at radius 2 is 2.16 bits per heavy atom. The number of halogens is 1. The van der Waals surface area contributed by atoms with E-state index in [-0.39, 0.29) is 36.3 Å². The Kier molecular flexibility index (Phi) is 6.36. The second-order valence-corrected chi connectivity index (χ2v) is 6.81. The maximum Gasteiger partial charge on any atom is 0.223 e. The van der Waals surface area contributed by atoms with Gasteiger partial charge in [0.2, 0.25) is 5.91 Å². The number of ether oxygens (including phenoxy) is 1. The van der Waals surface area contributed by atoms with E-state index in [0.29, 0.717) is 0 Å². The van der Waals surface area contributed by atoms with E-state index in [2.05, 4.69) is 5.32 Å². The molecule has 5 nitrogen and oxygen atoms in total. The molecule has 3 atom stereocenters. The van der Waals surface area contributed by atoms with Gasteiger partial charge in [-0.1, -0.05) is 6.42 Å². The van der Waals surface area contributed by atoms with E-state index >= 15 is 0 Å². The van der Waals surface area contributed by atoms with Gasteiger partial charge in [0.05, 0.1) is 13.2 Å². The number of nitrogens with two attached hydrogens (primary N) is 1. The van der Waals surface area contributed by atoms with E-state index < -0.39 is 0 Å². The van der Waals surface area contributed by atoms with Gasteiger partial charge in [-0.2, -0.15) is 0 Å². The number of rotatable bonds is 4. The maximum atomic E-state index is 12.5. The zero-order valence-electron chi connectivity index (χ0n) is 15.0. The monoisotopic (exact) mass is 366 g/mol. The van der Waals surface area contributed by atoms with Gasteiger partial charge in [-0.15, -0.1) is 12.4 Å². The Morgan fingerprint density at radius 3 is 2.84 bits per heavy atom. The lowest BCUT2D eigenvalue weighted by Gasteiger charge is -2.26. The van der Waals surface area contributed by atoms with Crippen LogP contribution in [0.4, 0.5) is 0 Å². The van der Waals surface area contributed by atoms with Gasteiger partial charge in [0.25, 0.3) is 0 Å². The van der Waals surface area contributed by atoms with Crippen molar-refractivity contribution in [2.75, 3.05) is 7.11 Å². The SMILES string of the molecule is COc1ccc2oc(C(C)NC(=O)C3CCCC(N)C3)c(C)c2c1.Cl. The lowest BCUT2D eigenvalue weighted by molar-refractivity contribution is -0.126. The highest BCUT2D eigenvalue weighted by Gasteiger charge is 2.27. The van der Waals surface area contributed by atoms with Crippen LogP contribution in [0.1, 0.15) is 50.0 Å². The summed E-state index contributed by atoms with van der Waals surface area (Å²) in [6, 6.07) is 5.72. The summed E-state index contributed by atoms with van der Waals surface area (Å²) in [5.74, 6) is 1.69. The zero-order valence-corrected chi connectivity index (χ0v) is 15.8. The molecule has 1 aliphatic carbocycles. The molecule has 6 heteroatoms. The molecular weight excluding hydrogens is 340 g/mol. The number of carbonyl (C=O) groups excluding carboxylic acids is 1. The van der Waals surface area contributed by atoms with E-state index in [1.807, 2.05) is 32.0 Å². The molecule has 1 aliphatic rings. The normalized spacial score (nSPS) is 21.4. The largest absolute Gasteiger partial charge is 0.497 e. The topological polar surface area (TPSA) is 77.5 Å². The van der Waals surface area contributed by atoms with Crippen LogP contribution in [0.5, 0.6) is 5.75 Å². The second-order valence-electron chi connectivity index (χ2n) is 6.81. The summed E-state index contributed by atoms with van der Waals surface area (Å²) in [6.45, 7) is 3.97. The number of carbonyl (C=O) groups is 1. The van der Waals surface area contributed by atoms with Crippen LogP contribution in [-0.2, 0) is 4.79 Å². The van der Waals surface area contributed by atoms with Gasteiger partial charge in [-0.25, -0.2) is 0 Å². The number of fused-ring (bicyclic) bond motifs is 1. The molecule has 1 amide bonds. The minimum absolute atomic E-state index is 0. The highest BCUT2D eigenvalue weighted by molar-refractivity contribution is 5.85. The fourth-order valence-corrected chi connectivity index (χ4v) is 3.62.